The van der Waals surface area contributed by atoms with Crippen molar-refractivity contribution < 1.29 is 14.7 Å². The molecule has 6 heteroatoms. The molecule has 5 nitrogen and oxygen atoms in total. The van der Waals surface area contributed by atoms with Gasteiger partial charge in [-0.3, -0.25) is 9.59 Å². The number of thiophene rings is 1. The molecule has 112 valence electrons. The number of aromatic nitrogens is 1. The van der Waals surface area contributed by atoms with E-state index in [9.17, 15) is 9.59 Å². The number of amides is 1. The van der Waals surface area contributed by atoms with E-state index in [4.69, 9.17) is 5.11 Å². The highest BCUT2D eigenvalue weighted by Crippen LogP contribution is 2.21. The van der Waals surface area contributed by atoms with E-state index in [0.29, 0.717) is 11.4 Å². The van der Waals surface area contributed by atoms with Gasteiger partial charge in [-0.05, 0) is 29.5 Å². The first-order chi connectivity index (χ1) is 10.1. The van der Waals surface area contributed by atoms with Crippen LogP contribution in [-0.4, -0.2) is 28.1 Å². The number of hydrogen-bond acceptors (Lipinski definition) is 3. The van der Waals surface area contributed by atoms with Gasteiger partial charge in [-0.25, -0.2) is 0 Å². The van der Waals surface area contributed by atoms with E-state index in [0.717, 1.165) is 12.1 Å². The Labute approximate surface area is 127 Å². The highest BCUT2D eigenvalue weighted by molar-refractivity contribution is 7.12. The summed E-state index contributed by atoms with van der Waals surface area (Å²) in [5.74, 6) is -1.03. The molecular weight excluding hydrogens is 288 g/mol. The first-order valence-electron chi connectivity index (χ1n) is 6.82. The molecule has 2 heterocycles. The Balaban J connectivity index is 2.01. The molecule has 1 atom stereocenters. The van der Waals surface area contributed by atoms with Crippen LogP contribution in [0.25, 0.3) is 5.69 Å². The predicted molar refractivity (Wildman–Crippen MR) is 82.0 cm³/mol. The van der Waals surface area contributed by atoms with Crippen LogP contribution in [0.15, 0.2) is 36.0 Å². The number of carboxylic acid groups (broad SMARTS) is 1. The van der Waals surface area contributed by atoms with Gasteiger partial charge < -0.3 is 15.0 Å². The summed E-state index contributed by atoms with van der Waals surface area (Å²) in [6, 6.07) is 5.70. The molecule has 0 saturated carbocycles. The maximum Gasteiger partial charge on any atom is 0.303 e. The predicted octanol–water partition coefficient (Wildman–Crippen LogP) is 2.77. The Hall–Kier alpha value is -2.08. The molecule has 0 spiro atoms. The number of nitrogens with zero attached hydrogens (tertiary/aromatic N) is 1. The molecule has 0 aromatic carbocycles. The van der Waals surface area contributed by atoms with Gasteiger partial charge in [-0.15, -0.1) is 11.3 Å². The molecular formula is C15H18N2O3S. The lowest BCUT2D eigenvalue weighted by Crippen LogP contribution is -2.30. The van der Waals surface area contributed by atoms with Crippen molar-refractivity contribution in [2.24, 2.45) is 5.92 Å². The standard InChI is InChI=1S/C15H18N2O3S/c1-2-11(9-13(18)19)10-16-15(20)14-12(5-8-21-14)17-6-3-4-7-17/h3-8,11H,2,9-10H2,1H3,(H,16,20)(H,18,19). The number of rotatable bonds is 7. The van der Waals surface area contributed by atoms with Crippen molar-refractivity contribution >= 4 is 23.2 Å². The average molecular weight is 306 g/mol. The fourth-order valence-corrected chi connectivity index (χ4v) is 2.90. The summed E-state index contributed by atoms with van der Waals surface area (Å²) in [4.78, 5) is 23.6. The van der Waals surface area contributed by atoms with Crippen LogP contribution in [0, 0.1) is 5.92 Å². The van der Waals surface area contributed by atoms with Crippen molar-refractivity contribution in [3.05, 3.63) is 40.8 Å². The highest BCUT2D eigenvalue weighted by Gasteiger charge is 2.17. The maximum absolute atomic E-state index is 12.3. The monoisotopic (exact) mass is 306 g/mol. The van der Waals surface area contributed by atoms with Gasteiger partial charge in [0.2, 0.25) is 0 Å². The van der Waals surface area contributed by atoms with Crippen molar-refractivity contribution in [3.8, 4) is 5.69 Å². The van der Waals surface area contributed by atoms with Gasteiger partial charge in [0, 0.05) is 25.4 Å². The number of nitrogens with one attached hydrogen (secondary N) is 1. The zero-order valence-corrected chi connectivity index (χ0v) is 12.6. The summed E-state index contributed by atoms with van der Waals surface area (Å²) in [6.45, 7) is 2.31. The van der Waals surface area contributed by atoms with Crippen LogP contribution < -0.4 is 5.32 Å². The molecule has 0 aliphatic heterocycles. The van der Waals surface area contributed by atoms with Crippen LogP contribution in [0.4, 0.5) is 0 Å². The number of carboxylic acids is 1. The van der Waals surface area contributed by atoms with Crippen LogP contribution in [0.5, 0.6) is 0 Å². The molecule has 1 amide bonds. The van der Waals surface area contributed by atoms with Crippen molar-refractivity contribution in [3.63, 3.8) is 0 Å². The fourth-order valence-electron chi connectivity index (χ4n) is 2.10. The lowest BCUT2D eigenvalue weighted by atomic mass is 10.0. The molecule has 0 fully saturated rings. The van der Waals surface area contributed by atoms with Crippen molar-refractivity contribution in [1.29, 1.82) is 0 Å². The molecule has 21 heavy (non-hydrogen) atoms. The van der Waals surface area contributed by atoms with Gasteiger partial charge in [0.25, 0.3) is 5.91 Å². The minimum Gasteiger partial charge on any atom is -0.481 e. The molecule has 0 aliphatic carbocycles. The summed E-state index contributed by atoms with van der Waals surface area (Å²) in [5, 5.41) is 13.5. The van der Waals surface area contributed by atoms with E-state index in [1.165, 1.54) is 11.3 Å². The van der Waals surface area contributed by atoms with Gasteiger partial charge in [-0.2, -0.15) is 0 Å². The Morgan fingerprint density at radius 3 is 2.71 bits per heavy atom. The van der Waals surface area contributed by atoms with E-state index >= 15 is 0 Å². The van der Waals surface area contributed by atoms with E-state index in [2.05, 4.69) is 5.32 Å². The van der Waals surface area contributed by atoms with Crippen molar-refractivity contribution in [2.45, 2.75) is 19.8 Å². The summed E-state index contributed by atoms with van der Waals surface area (Å²) in [6.07, 6.45) is 4.57. The number of aliphatic carboxylic acids is 1. The molecule has 2 aromatic rings. The van der Waals surface area contributed by atoms with E-state index < -0.39 is 5.97 Å². The third-order valence-electron chi connectivity index (χ3n) is 3.33. The van der Waals surface area contributed by atoms with E-state index in [1.807, 2.05) is 47.5 Å². The number of hydrogen-bond donors (Lipinski definition) is 2. The van der Waals surface area contributed by atoms with Crippen molar-refractivity contribution in [1.82, 2.24) is 9.88 Å². The van der Waals surface area contributed by atoms with Crippen LogP contribution in [0.3, 0.4) is 0 Å². The van der Waals surface area contributed by atoms with Gasteiger partial charge in [0.1, 0.15) is 4.88 Å². The second kappa shape index (κ2) is 7.08. The molecule has 1 unspecified atom stereocenters. The van der Waals surface area contributed by atoms with E-state index in [-0.39, 0.29) is 18.2 Å². The second-order valence-electron chi connectivity index (χ2n) is 4.81. The van der Waals surface area contributed by atoms with E-state index in [1.54, 1.807) is 0 Å². The zero-order valence-electron chi connectivity index (χ0n) is 11.8. The molecule has 0 bridgehead atoms. The summed E-state index contributed by atoms with van der Waals surface area (Å²) in [5.41, 5.74) is 0.841. The highest BCUT2D eigenvalue weighted by atomic mass is 32.1. The first-order valence-corrected chi connectivity index (χ1v) is 7.70. The molecule has 0 aliphatic rings. The average Bonchev–Trinajstić information content (AvgIpc) is 3.11. The van der Waals surface area contributed by atoms with Gasteiger partial charge in [-0.1, -0.05) is 13.3 Å². The minimum atomic E-state index is -0.833. The minimum absolute atomic E-state index is 0.0403. The van der Waals surface area contributed by atoms with Crippen LogP contribution >= 0.6 is 11.3 Å². The third-order valence-corrected chi connectivity index (χ3v) is 4.23. The third kappa shape index (κ3) is 3.95. The Morgan fingerprint density at radius 1 is 1.38 bits per heavy atom. The maximum atomic E-state index is 12.3. The van der Waals surface area contributed by atoms with Crippen LogP contribution in [0.2, 0.25) is 0 Å². The van der Waals surface area contributed by atoms with Gasteiger partial charge in [0.05, 0.1) is 5.69 Å². The van der Waals surface area contributed by atoms with Crippen LogP contribution in [-0.2, 0) is 4.79 Å². The van der Waals surface area contributed by atoms with Crippen LogP contribution in [0.1, 0.15) is 29.4 Å². The smallest absolute Gasteiger partial charge is 0.303 e. The summed E-state index contributed by atoms with van der Waals surface area (Å²) >= 11 is 1.38. The number of carbonyl (C=O) groups excluding carboxylic acids is 1. The van der Waals surface area contributed by atoms with Gasteiger partial charge in [0.15, 0.2) is 0 Å². The molecule has 0 radical (unpaired) electrons. The largest absolute Gasteiger partial charge is 0.481 e. The van der Waals surface area contributed by atoms with Gasteiger partial charge >= 0.3 is 5.97 Å². The lowest BCUT2D eigenvalue weighted by molar-refractivity contribution is -0.138. The molecule has 2 rings (SSSR count). The first kappa shape index (κ1) is 15.3. The molecule has 0 saturated heterocycles. The molecule has 2 N–H and O–H groups in total. The topological polar surface area (TPSA) is 71.3 Å². The number of carbonyl (C=O) groups is 2. The summed E-state index contributed by atoms with van der Waals surface area (Å²) < 4.78 is 1.89. The normalized spacial score (nSPS) is 12.0. The second-order valence-corrected chi connectivity index (χ2v) is 5.72. The Morgan fingerprint density at radius 2 is 2.10 bits per heavy atom. The quantitative estimate of drug-likeness (QED) is 0.826. The summed E-state index contributed by atoms with van der Waals surface area (Å²) in [7, 11) is 0. The Bertz CT molecular complexity index is 604. The Kier molecular flexibility index (Phi) is 5.16. The molecule has 2 aromatic heterocycles. The zero-order chi connectivity index (χ0) is 15.2. The fraction of sp³-hybridized carbons (Fsp3) is 0.333. The lowest BCUT2D eigenvalue weighted by Gasteiger charge is -2.13. The van der Waals surface area contributed by atoms with Crippen molar-refractivity contribution in [2.75, 3.05) is 6.54 Å². The SMILES string of the molecule is CCC(CNC(=O)c1sccc1-n1cccc1)CC(=O)O.